The van der Waals surface area contributed by atoms with Crippen molar-refractivity contribution in [2.24, 2.45) is 0 Å². The highest BCUT2D eigenvalue weighted by atomic mass is 35.5. The number of likely N-dealkylation sites (N-methyl/N-ethyl adjacent to an activating group) is 1. The fourth-order valence-corrected chi connectivity index (χ4v) is 2.30. The van der Waals surface area contributed by atoms with Crippen molar-refractivity contribution < 1.29 is 8.78 Å². The molecule has 1 N–H and O–H groups in total. The van der Waals surface area contributed by atoms with Crippen molar-refractivity contribution in [1.82, 2.24) is 5.32 Å². The summed E-state index contributed by atoms with van der Waals surface area (Å²) in [5.74, 6) is -0.702. The van der Waals surface area contributed by atoms with Crippen LogP contribution in [0.1, 0.15) is 24.1 Å². The van der Waals surface area contributed by atoms with Gasteiger partial charge in [-0.15, -0.1) is 0 Å². The van der Waals surface area contributed by atoms with Gasteiger partial charge in [0.2, 0.25) is 0 Å². The third kappa shape index (κ3) is 3.78. The Morgan fingerprint density at radius 3 is 2.60 bits per heavy atom. The van der Waals surface area contributed by atoms with Gasteiger partial charge in [-0.3, -0.25) is 0 Å². The standard InChI is InChI=1S/C16H16ClF2N/c1-2-20-16(9-11-4-3-5-13(18)8-11)12-6-7-14(17)15(19)10-12/h3-8,10,16,20H,2,9H2,1H3. The molecule has 0 aliphatic carbocycles. The summed E-state index contributed by atoms with van der Waals surface area (Å²) in [5, 5.41) is 3.39. The third-order valence-corrected chi connectivity index (χ3v) is 3.43. The Morgan fingerprint density at radius 1 is 1.15 bits per heavy atom. The molecule has 0 spiro atoms. The summed E-state index contributed by atoms with van der Waals surface area (Å²) in [7, 11) is 0. The lowest BCUT2D eigenvalue weighted by atomic mass is 9.98. The predicted octanol–water partition coefficient (Wildman–Crippen LogP) is 4.51. The Hall–Kier alpha value is -1.45. The second-order valence-electron chi connectivity index (χ2n) is 4.62. The molecule has 0 saturated heterocycles. The van der Waals surface area contributed by atoms with Crippen molar-refractivity contribution in [2.45, 2.75) is 19.4 Å². The fourth-order valence-electron chi connectivity index (χ4n) is 2.18. The average molecular weight is 296 g/mol. The molecule has 0 radical (unpaired) electrons. The second-order valence-corrected chi connectivity index (χ2v) is 5.03. The minimum Gasteiger partial charge on any atom is -0.310 e. The highest BCUT2D eigenvalue weighted by Crippen LogP contribution is 2.23. The molecule has 1 atom stereocenters. The van der Waals surface area contributed by atoms with Crippen LogP contribution in [0.15, 0.2) is 42.5 Å². The molecule has 0 aliphatic heterocycles. The highest BCUT2D eigenvalue weighted by Gasteiger charge is 2.13. The maximum Gasteiger partial charge on any atom is 0.142 e. The first-order valence-corrected chi connectivity index (χ1v) is 6.90. The van der Waals surface area contributed by atoms with Crippen LogP contribution in [0.3, 0.4) is 0 Å². The van der Waals surface area contributed by atoms with Crippen molar-refractivity contribution in [3.8, 4) is 0 Å². The molecule has 0 aliphatic rings. The van der Waals surface area contributed by atoms with Crippen LogP contribution in [-0.4, -0.2) is 6.54 Å². The molecule has 0 fully saturated rings. The number of rotatable bonds is 5. The summed E-state index contributed by atoms with van der Waals surface area (Å²) >= 11 is 5.70. The lowest BCUT2D eigenvalue weighted by Crippen LogP contribution is -2.23. The summed E-state index contributed by atoms with van der Waals surface area (Å²) < 4.78 is 26.8. The zero-order valence-corrected chi connectivity index (χ0v) is 11.9. The number of halogens is 3. The third-order valence-electron chi connectivity index (χ3n) is 3.13. The van der Waals surface area contributed by atoms with Gasteiger partial charge in [-0.1, -0.05) is 36.7 Å². The van der Waals surface area contributed by atoms with Crippen molar-refractivity contribution in [3.63, 3.8) is 0 Å². The molecule has 0 saturated carbocycles. The normalized spacial score (nSPS) is 12.4. The summed E-state index contributed by atoms with van der Waals surface area (Å²) in [6.07, 6.45) is 0.590. The van der Waals surface area contributed by atoms with E-state index in [-0.39, 0.29) is 16.9 Å². The van der Waals surface area contributed by atoms with Crippen LogP contribution >= 0.6 is 11.6 Å². The zero-order chi connectivity index (χ0) is 14.5. The number of hydrogen-bond donors (Lipinski definition) is 1. The smallest absolute Gasteiger partial charge is 0.142 e. The molecule has 20 heavy (non-hydrogen) atoms. The molecule has 2 aromatic rings. The van der Waals surface area contributed by atoms with E-state index < -0.39 is 5.82 Å². The van der Waals surface area contributed by atoms with Crippen LogP contribution in [0.4, 0.5) is 8.78 Å². The van der Waals surface area contributed by atoms with Gasteiger partial charge in [0.25, 0.3) is 0 Å². The first-order valence-electron chi connectivity index (χ1n) is 6.53. The molecule has 0 bridgehead atoms. The van der Waals surface area contributed by atoms with E-state index in [1.54, 1.807) is 18.2 Å². The first kappa shape index (κ1) is 14.9. The van der Waals surface area contributed by atoms with Gasteiger partial charge in [-0.05, 0) is 48.4 Å². The molecule has 2 aromatic carbocycles. The topological polar surface area (TPSA) is 12.0 Å². The van der Waals surface area contributed by atoms with Crippen LogP contribution < -0.4 is 5.32 Å². The van der Waals surface area contributed by atoms with Crippen LogP contribution in [0.25, 0.3) is 0 Å². The Morgan fingerprint density at radius 2 is 1.95 bits per heavy atom. The minimum atomic E-state index is -0.439. The van der Waals surface area contributed by atoms with E-state index in [9.17, 15) is 8.78 Å². The van der Waals surface area contributed by atoms with Gasteiger partial charge in [0, 0.05) is 6.04 Å². The monoisotopic (exact) mass is 295 g/mol. The maximum absolute atomic E-state index is 13.6. The van der Waals surface area contributed by atoms with Crippen LogP contribution in [-0.2, 0) is 6.42 Å². The van der Waals surface area contributed by atoms with E-state index in [1.165, 1.54) is 18.2 Å². The zero-order valence-electron chi connectivity index (χ0n) is 11.2. The summed E-state index contributed by atoms with van der Waals surface area (Å²) in [6.45, 7) is 2.72. The molecule has 1 nitrogen and oxygen atoms in total. The molecule has 106 valence electrons. The maximum atomic E-state index is 13.6. The summed E-state index contributed by atoms with van der Waals surface area (Å²) in [4.78, 5) is 0. The molecule has 2 rings (SSSR count). The van der Waals surface area contributed by atoms with Gasteiger partial charge in [0.1, 0.15) is 11.6 Å². The quantitative estimate of drug-likeness (QED) is 0.855. The Kier molecular flexibility index (Phi) is 5.10. The van der Waals surface area contributed by atoms with Gasteiger partial charge in [-0.2, -0.15) is 0 Å². The molecule has 1 unspecified atom stereocenters. The van der Waals surface area contributed by atoms with E-state index in [0.29, 0.717) is 6.42 Å². The fraction of sp³-hybridized carbons (Fsp3) is 0.250. The van der Waals surface area contributed by atoms with Crippen LogP contribution in [0.2, 0.25) is 5.02 Å². The first-order chi connectivity index (χ1) is 9.60. The number of nitrogens with one attached hydrogen (secondary N) is 1. The van der Waals surface area contributed by atoms with Gasteiger partial charge in [-0.25, -0.2) is 8.78 Å². The second kappa shape index (κ2) is 6.82. The van der Waals surface area contributed by atoms with Gasteiger partial charge >= 0.3 is 0 Å². The molecule has 0 amide bonds. The molecular formula is C16H16ClF2N. The largest absolute Gasteiger partial charge is 0.310 e. The lowest BCUT2D eigenvalue weighted by molar-refractivity contribution is 0.540. The van der Waals surface area contributed by atoms with Crippen molar-refractivity contribution in [2.75, 3.05) is 6.54 Å². The highest BCUT2D eigenvalue weighted by molar-refractivity contribution is 6.30. The van der Waals surface area contributed by atoms with Crippen LogP contribution in [0, 0.1) is 11.6 Å². The predicted molar refractivity (Wildman–Crippen MR) is 77.9 cm³/mol. The minimum absolute atomic E-state index is 0.0754. The van der Waals surface area contributed by atoms with Crippen molar-refractivity contribution in [3.05, 3.63) is 70.2 Å². The molecule has 0 aromatic heterocycles. The van der Waals surface area contributed by atoms with Crippen molar-refractivity contribution in [1.29, 1.82) is 0 Å². The Bertz CT molecular complexity index is 586. The van der Waals surface area contributed by atoms with E-state index in [4.69, 9.17) is 11.6 Å². The van der Waals surface area contributed by atoms with Crippen molar-refractivity contribution >= 4 is 11.6 Å². The number of hydrogen-bond acceptors (Lipinski definition) is 1. The van der Waals surface area contributed by atoms with Gasteiger partial charge in [0.05, 0.1) is 5.02 Å². The van der Waals surface area contributed by atoms with E-state index in [0.717, 1.165) is 17.7 Å². The summed E-state index contributed by atoms with van der Waals surface area (Å²) in [5.41, 5.74) is 1.67. The van der Waals surface area contributed by atoms with E-state index >= 15 is 0 Å². The van der Waals surface area contributed by atoms with E-state index in [2.05, 4.69) is 5.32 Å². The Balaban J connectivity index is 2.24. The lowest BCUT2D eigenvalue weighted by Gasteiger charge is -2.19. The molecule has 0 heterocycles. The van der Waals surface area contributed by atoms with Gasteiger partial charge < -0.3 is 5.32 Å². The number of benzene rings is 2. The molecular weight excluding hydrogens is 280 g/mol. The average Bonchev–Trinajstić information content (AvgIpc) is 2.41. The van der Waals surface area contributed by atoms with Gasteiger partial charge in [0.15, 0.2) is 0 Å². The van der Waals surface area contributed by atoms with E-state index in [1.807, 2.05) is 13.0 Å². The SMILES string of the molecule is CCNC(Cc1cccc(F)c1)c1ccc(Cl)c(F)c1. The Labute approximate surface area is 122 Å². The molecule has 4 heteroatoms. The van der Waals surface area contributed by atoms with Crippen LogP contribution in [0.5, 0.6) is 0 Å². The summed E-state index contributed by atoms with van der Waals surface area (Å²) in [6, 6.07) is 11.1.